The summed E-state index contributed by atoms with van der Waals surface area (Å²) in [4.78, 5) is 11.2. The molecule has 7 nitrogen and oxygen atoms in total. The molecule has 5 unspecified atom stereocenters. The molecule has 1 aliphatic rings. The van der Waals surface area contributed by atoms with Crippen LogP contribution in [0.2, 0.25) is 0 Å². The van der Waals surface area contributed by atoms with Crippen molar-refractivity contribution in [3.05, 3.63) is 0 Å². The highest BCUT2D eigenvalue weighted by Gasteiger charge is 2.63. The zero-order chi connectivity index (χ0) is 13.4. The van der Waals surface area contributed by atoms with Crippen molar-refractivity contribution in [3.8, 4) is 0 Å². The lowest BCUT2D eigenvalue weighted by Gasteiger charge is -2.53. The molecule has 0 spiro atoms. The van der Waals surface area contributed by atoms with Gasteiger partial charge in [0.2, 0.25) is 12.1 Å². The minimum absolute atomic E-state index is 0.0693. The van der Waals surface area contributed by atoms with Crippen LogP contribution in [0.3, 0.4) is 0 Å². The van der Waals surface area contributed by atoms with Crippen molar-refractivity contribution in [1.82, 2.24) is 0 Å². The Balaban J connectivity index is 2.53. The largest absolute Gasteiger partial charge is 0.513 e. The summed E-state index contributed by atoms with van der Waals surface area (Å²) in [6.45, 7) is 4.24. The Kier molecular flexibility index (Phi) is 3.68. The highest BCUT2D eigenvalue weighted by Crippen LogP contribution is 2.47. The van der Waals surface area contributed by atoms with E-state index in [1.54, 1.807) is 6.92 Å². The molecule has 5 atom stereocenters. The molecule has 1 rings (SSSR count). The van der Waals surface area contributed by atoms with E-state index in [0.717, 1.165) is 0 Å². The van der Waals surface area contributed by atoms with E-state index < -0.39 is 29.9 Å². The number of aliphatic hydroxyl groups excluding tert-OH is 2. The Morgan fingerprint density at radius 2 is 1.94 bits per heavy atom. The van der Waals surface area contributed by atoms with E-state index in [4.69, 9.17) is 10.2 Å². The van der Waals surface area contributed by atoms with Gasteiger partial charge < -0.3 is 29.9 Å². The molecule has 1 aliphatic carbocycles. The third-order valence-electron chi connectivity index (χ3n) is 3.22. The van der Waals surface area contributed by atoms with Crippen molar-refractivity contribution >= 4 is 6.16 Å². The molecule has 4 N–H and O–H groups in total. The van der Waals surface area contributed by atoms with Crippen LogP contribution >= 0.6 is 0 Å². The van der Waals surface area contributed by atoms with E-state index in [2.05, 4.69) is 9.47 Å². The Morgan fingerprint density at radius 3 is 2.29 bits per heavy atom. The van der Waals surface area contributed by atoms with Crippen molar-refractivity contribution in [1.29, 1.82) is 0 Å². The van der Waals surface area contributed by atoms with E-state index >= 15 is 0 Å². The lowest BCUT2D eigenvalue weighted by Crippen LogP contribution is -2.68. The fourth-order valence-corrected chi connectivity index (χ4v) is 1.58. The second-order valence-corrected chi connectivity index (χ2v) is 4.64. The van der Waals surface area contributed by atoms with Gasteiger partial charge in [0.05, 0.1) is 0 Å². The zero-order valence-electron chi connectivity index (χ0n) is 9.95. The number of ether oxygens (including phenoxy) is 2. The van der Waals surface area contributed by atoms with Crippen molar-refractivity contribution in [2.75, 3.05) is 0 Å². The molecule has 0 aromatic heterocycles. The highest BCUT2D eigenvalue weighted by molar-refractivity contribution is 5.61. The van der Waals surface area contributed by atoms with Crippen molar-refractivity contribution in [2.45, 2.75) is 51.0 Å². The second-order valence-electron chi connectivity index (χ2n) is 4.64. The molecule has 17 heavy (non-hydrogen) atoms. The monoisotopic (exact) mass is 250 g/mol. The lowest BCUT2D eigenvalue weighted by atomic mass is 9.66. The molecule has 1 saturated carbocycles. The van der Waals surface area contributed by atoms with Crippen LogP contribution in [0.15, 0.2) is 0 Å². The first-order chi connectivity index (χ1) is 7.60. The van der Waals surface area contributed by atoms with E-state index in [1.807, 2.05) is 0 Å². The normalized spacial score (nSPS) is 40.1. The number of hydrogen-bond acceptors (Lipinski definition) is 7. The van der Waals surface area contributed by atoms with Gasteiger partial charge in [0, 0.05) is 6.42 Å². The molecule has 0 aromatic rings. The Morgan fingerprint density at radius 1 is 1.41 bits per heavy atom. The molecular weight excluding hydrogens is 232 g/mol. The highest BCUT2D eigenvalue weighted by atomic mass is 16.8. The van der Waals surface area contributed by atoms with Gasteiger partial charge in [-0.2, -0.15) is 0 Å². The molecule has 0 bridgehead atoms. The third kappa shape index (κ3) is 2.52. The van der Waals surface area contributed by atoms with Gasteiger partial charge >= 0.3 is 6.16 Å². The van der Waals surface area contributed by atoms with Crippen LogP contribution in [0.1, 0.15) is 27.2 Å². The molecule has 0 saturated heterocycles. The first-order valence-electron chi connectivity index (χ1n) is 5.30. The van der Waals surface area contributed by atoms with Gasteiger partial charge in [0.15, 0.2) is 0 Å². The molecule has 0 amide bonds. The van der Waals surface area contributed by atoms with Crippen LogP contribution in [-0.2, 0) is 9.47 Å². The van der Waals surface area contributed by atoms with Gasteiger partial charge in [-0.15, -0.1) is 0 Å². The van der Waals surface area contributed by atoms with Crippen molar-refractivity contribution < 1.29 is 34.7 Å². The van der Waals surface area contributed by atoms with Crippen LogP contribution in [0, 0.1) is 5.92 Å². The Hall–Kier alpha value is -0.890. The van der Waals surface area contributed by atoms with Gasteiger partial charge in [-0.05, 0) is 19.8 Å². The van der Waals surface area contributed by atoms with Gasteiger partial charge in [0.1, 0.15) is 11.7 Å². The molecule has 7 heteroatoms. The number of carbonyl (C=O) groups excluding carboxylic acids is 1. The fourth-order valence-electron chi connectivity index (χ4n) is 1.58. The maximum atomic E-state index is 11.2. The van der Waals surface area contributed by atoms with Crippen LogP contribution in [0.4, 0.5) is 4.79 Å². The summed E-state index contributed by atoms with van der Waals surface area (Å²) >= 11 is 0. The maximum Gasteiger partial charge on any atom is 0.513 e. The average Bonchev–Trinajstić information content (AvgIpc) is 2.16. The molecule has 0 aromatic carbocycles. The summed E-state index contributed by atoms with van der Waals surface area (Å²) in [5, 5.41) is 37.5. The van der Waals surface area contributed by atoms with Gasteiger partial charge in [-0.25, -0.2) is 4.79 Å². The molecule has 100 valence electrons. The predicted molar refractivity (Wildman–Crippen MR) is 54.6 cm³/mol. The summed E-state index contributed by atoms with van der Waals surface area (Å²) in [6.07, 6.45) is -4.31. The topological polar surface area (TPSA) is 116 Å². The van der Waals surface area contributed by atoms with Crippen molar-refractivity contribution in [2.24, 2.45) is 5.92 Å². The summed E-state index contributed by atoms with van der Waals surface area (Å²) in [6, 6.07) is 0. The first-order valence-corrected chi connectivity index (χ1v) is 5.30. The molecule has 1 fully saturated rings. The van der Waals surface area contributed by atoms with E-state index in [0.29, 0.717) is 0 Å². The van der Waals surface area contributed by atoms with Crippen LogP contribution in [0.25, 0.3) is 0 Å². The quantitative estimate of drug-likeness (QED) is 0.387. The zero-order valence-corrected chi connectivity index (χ0v) is 9.95. The summed E-state index contributed by atoms with van der Waals surface area (Å²) in [5.41, 5.74) is -1.57. The lowest BCUT2D eigenvalue weighted by molar-refractivity contribution is -0.354. The van der Waals surface area contributed by atoms with Gasteiger partial charge in [-0.1, -0.05) is 6.92 Å². The third-order valence-corrected chi connectivity index (χ3v) is 3.22. The van der Waals surface area contributed by atoms with Gasteiger partial charge in [-0.3, -0.25) is 0 Å². The standard InChI is InChI=1S/C10H18O7/c1-5-4-10(15,9(5,3)14)17-8(13)16-7(12)6(2)11/h5-7,11-12,14-15H,4H2,1-3H3. The predicted octanol–water partition coefficient (Wildman–Crippen LogP) is -0.682. The first kappa shape index (κ1) is 14.2. The summed E-state index contributed by atoms with van der Waals surface area (Å²) in [7, 11) is 0. The number of aliphatic hydroxyl groups is 4. The van der Waals surface area contributed by atoms with Gasteiger partial charge in [0.25, 0.3) is 0 Å². The minimum Gasteiger partial charge on any atom is -0.402 e. The number of hydrogen-bond donors (Lipinski definition) is 4. The van der Waals surface area contributed by atoms with Crippen molar-refractivity contribution in [3.63, 3.8) is 0 Å². The minimum atomic E-state index is -2.03. The Labute approximate surface area is 98.6 Å². The van der Waals surface area contributed by atoms with Crippen LogP contribution in [0.5, 0.6) is 0 Å². The smallest absolute Gasteiger partial charge is 0.402 e. The van der Waals surface area contributed by atoms with Crippen LogP contribution < -0.4 is 0 Å². The molecule has 0 heterocycles. The van der Waals surface area contributed by atoms with E-state index in [9.17, 15) is 15.0 Å². The summed E-state index contributed by atoms with van der Waals surface area (Å²) < 4.78 is 8.84. The number of rotatable bonds is 3. The maximum absolute atomic E-state index is 11.2. The second kappa shape index (κ2) is 4.41. The fraction of sp³-hybridized carbons (Fsp3) is 0.900. The molecule has 0 radical (unpaired) electrons. The Bertz CT molecular complexity index is 301. The molecule has 0 aliphatic heterocycles. The van der Waals surface area contributed by atoms with E-state index in [1.165, 1.54) is 13.8 Å². The number of carbonyl (C=O) groups is 1. The average molecular weight is 250 g/mol. The SMILES string of the molecule is CC(O)C(O)OC(=O)OC1(O)CC(C)C1(C)O. The molecular formula is C10H18O7. The van der Waals surface area contributed by atoms with Crippen LogP contribution in [-0.4, -0.2) is 50.4 Å². The van der Waals surface area contributed by atoms with E-state index in [-0.39, 0.29) is 12.3 Å². The summed E-state index contributed by atoms with van der Waals surface area (Å²) in [5.74, 6) is -2.26.